The van der Waals surface area contributed by atoms with Crippen molar-refractivity contribution in [2.45, 2.75) is 37.3 Å². The average Bonchev–Trinajstić information content (AvgIpc) is 2.83. The molecule has 2 saturated heterocycles. The number of aromatic nitrogens is 1. The third kappa shape index (κ3) is 1.34. The number of hydrogen-bond donors (Lipinski definition) is 1. The standard InChI is InChI=1S/C12H16N2O/c1-14-6-2-3-9(12(14)15)10-7-8-4-5-11(10)13-8/h2-3,6,8,10-11,13H,4-5,7H2,1H3. The molecule has 80 valence electrons. The van der Waals surface area contributed by atoms with E-state index in [1.807, 2.05) is 25.4 Å². The first-order valence-corrected chi connectivity index (χ1v) is 5.67. The van der Waals surface area contributed by atoms with E-state index in [9.17, 15) is 4.79 Å². The van der Waals surface area contributed by atoms with Crippen LogP contribution in [0.2, 0.25) is 0 Å². The van der Waals surface area contributed by atoms with Crippen LogP contribution in [0.1, 0.15) is 30.7 Å². The van der Waals surface area contributed by atoms with Gasteiger partial charge in [-0.3, -0.25) is 4.79 Å². The number of nitrogens with one attached hydrogen (secondary N) is 1. The average molecular weight is 204 g/mol. The fourth-order valence-electron chi connectivity index (χ4n) is 3.07. The minimum Gasteiger partial charge on any atom is -0.318 e. The Labute approximate surface area is 89.1 Å². The molecule has 1 N–H and O–H groups in total. The molecule has 3 nitrogen and oxygen atoms in total. The van der Waals surface area contributed by atoms with Crippen LogP contribution in [0, 0.1) is 0 Å². The third-order valence-electron chi connectivity index (χ3n) is 3.85. The van der Waals surface area contributed by atoms with Crippen LogP contribution in [0.5, 0.6) is 0 Å². The fraction of sp³-hybridized carbons (Fsp3) is 0.583. The SMILES string of the molecule is Cn1cccc(C2CC3CCC2N3)c1=O. The number of hydrogen-bond acceptors (Lipinski definition) is 2. The molecule has 2 aliphatic rings. The lowest BCUT2D eigenvalue weighted by molar-refractivity contribution is 0.500. The highest BCUT2D eigenvalue weighted by Crippen LogP contribution is 2.38. The van der Waals surface area contributed by atoms with E-state index in [1.54, 1.807) is 4.57 Å². The zero-order valence-corrected chi connectivity index (χ0v) is 8.94. The topological polar surface area (TPSA) is 34.0 Å². The van der Waals surface area contributed by atoms with E-state index >= 15 is 0 Å². The fourth-order valence-corrected chi connectivity index (χ4v) is 3.07. The smallest absolute Gasteiger partial charge is 0.253 e. The third-order valence-corrected chi connectivity index (χ3v) is 3.85. The number of rotatable bonds is 1. The molecule has 3 rings (SSSR count). The van der Waals surface area contributed by atoms with Crippen molar-refractivity contribution in [1.29, 1.82) is 0 Å². The summed E-state index contributed by atoms with van der Waals surface area (Å²) in [5.41, 5.74) is 1.18. The van der Waals surface area contributed by atoms with Crippen molar-refractivity contribution in [2.75, 3.05) is 0 Å². The highest BCUT2D eigenvalue weighted by molar-refractivity contribution is 5.22. The first-order valence-electron chi connectivity index (χ1n) is 5.67. The van der Waals surface area contributed by atoms with Crippen molar-refractivity contribution in [3.8, 4) is 0 Å². The van der Waals surface area contributed by atoms with Crippen LogP contribution >= 0.6 is 0 Å². The van der Waals surface area contributed by atoms with Gasteiger partial charge in [-0.2, -0.15) is 0 Å². The highest BCUT2D eigenvalue weighted by atomic mass is 16.1. The molecular formula is C12H16N2O. The molecule has 2 fully saturated rings. The summed E-state index contributed by atoms with van der Waals surface area (Å²) in [6, 6.07) is 5.17. The van der Waals surface area contributed by atoms with E-state index in [0.29, 0.717) is 18.0 Å². The van der Waals surface area contributed by atoms with Crippen molar-refractivity contribution in [2.24, 2.45) is 7.05 Å². The molecule has 3 heteroatoms. The van der Waals surface area contributed by atoms with E-state index in [-0.39, 0.29) is 5.56 Å². The Morgan fingerprint density at radius 2 is 2.33 bits per heavy atom. The Balaban J connectivity index is 2.00. The van der Waals surface area contributed by atoms with Crippen molar-refractivity contribution >= 4 is 0 Å². The first-order chi connectivity index (χ1) is 7.25. The summed E-state index contributed by atoms with van der Waals surface area (Å²) < 4.78 is 1.68. The maximum atomic E-state index is 12.0. The monoisotopic (exact) mass is 204 g/mol. The van der Waals surface area contributed by atoms with Gasteiger partial charge in [-0.05, 0) is 25.3 Å². The normalized spacial score (nSPS) is 33.5. The molecule has 0 saturated carbocycles. The predicted molar refractivity (Wildman–Crippen MR) is 59.0 cm³/mol. The Morgan fingerprint density at radius 1 is 1.47 bits per heavy atom. The molecular weight excluding hydrogens is 188 g/mol. The minimum atomic E-state index is 0.178. The van der Waals surface area contributed by atoms with Gasteiger partial charge in [0.05, 0.1) is 0 Å². The van der Waals surface area contributed by atoms with Crippen LogP contribution in [0.15, 0.2) is 23.1 Å². The van der Waals surface area contributed by atoms with Crippen molar-refractivity contribution in [1.82, 2.24) is 9.88 Å². The van der Waals surface area contributed by atoms with E-state index in [4.69, 9.17) is 0 Å². The summed E-state index contributed by atoms with van der Waals surface area (Å²) in [7, 11) is 1.83. The van der Waals surface area contributed by atoms with Crippen molar-refractivity contribution in [3.05, 3.63) is 34.2 Å². The molecule has 1 aromatic heterocycles. The number of nitrogens with zero attached hydrogens (tertiary/aromatic N) is 1. The summed E-state index contributed by atoms with van der Waals surface area (Å²) >= 11 is 0. The Bertz CT molecular complexity index is 437. The highest BCUT2D eigenvalue weighted by Gasteiger charge is 2.40. The minimum absolute atomic E-state index is 0.178. The summed E-state index contributed by atoms with van der Waals surface area (Å²) in [5, 5.41) is 3.57. The molecule has 3 heterocycles. The van der Waals surface area contributed by atoms with Crippen LogP contribution < -0.4 is 10.9 Å². The second-order valence-electron chi connectivity index (χ2n) is 4.77. The molecule has 0 aromatic carbocycles. The Kier molecular flexibility index (Phi) is 1.96. The number of pyridine rings is 1. The maximum absolute atomic E-state index is 12.0. The molecule has 15 heavy (non-hydrogen) atoms. The van der Waals surface area contributed by atoms with E-state index < -0.39 is 0 Å². The lowest BCUT2D eigenvalue weighted by atomic mass is 9.84. The van der Waals surface area contributed by atoms with Crippen LogP contribution in [-0.2, 0) is 7.05 Å². The summed E-state index contributed by atoms with van der Waals surface area (Å²) in [5.74, 6) is 0.448. The summed E-state index contributed by atoms with van der Waals surface area (Å²) in [6.07, 6.45) is 5.48. The number of fused-ring (bicyclic) bond motifs is 2. The van der Waals surface area contributed by atoms with Crippen LogP contribution in [0.25, 0.3) is 0 Å². The molecule has 2 aliphatic heterocycles. The van der Waals surface area contributed by atoms with Gasteiger partial charge in [-0.25, -0.2) is 0 Å². The second-order valence-corrected chi connectivity index (χ2v) is 4.77. The largest absolute Gasteiger partial charge is 0.318 e. The molecule has 0 spiro atoms. The predicted octanol–water partition coefficient (Wildman–Crippen LogP) is 0.993. The zero-order valence-electron chi connectivity index (χ0n) is 8.94. The lowest BCUT2D eigenvalue weighted by Crippen LogP contribution is -2.28. The molecule has 2 bridgehead atoms. The Hall–Kier alpha value is -1.09. The van der Waals surface area contributed by atoms with Gasteiger partial charge in [-0.1, -0.05) is 6.07 Å². The van der Waals surface area contributed by atoms with Gasteiger partial charge >= 0.3 is 0 Å². The summed E-state index contributed by atoms with van der Waals surface area (Å²) in [4.78, 5) is 12.0. The van der Waals surface area contributed by atoms with Gasteiger partial charge in [0, 0.05) is 36.8 Å². The van der Waals surface area contributed by atoms with E-state index in [0.717, 1.165) is 12.0 Å². The zero-order chi connectivity index (χ0) is 10.4. The van der Waals surface area contributed by atoms with Crippen molar-refractivity contribution < 1.29 is 0 Å². The van der Waals surface area contributed by atoms with E-state index in [1.165, 1.54) is 12.8 Å². The quantitative estimate of drug-likeness (QED) is 0.740. The van der Waals surface area contributed by atoms with Crippen molar-refractivity contribution in [3.63, 3.8) is 0 Å². The van der Waals surface area contributed by atoms with Gasteiger partial charge in [0.25, 0.3) is 5.56 Å². The molecule has 0 amide bonds. The molecule has 3 unspecified atom stereocenters. The van der Waals surface area contributed by atoms with Gasteiger partial charge < -0.3 is 9.88 Å². The molecule has 1 aromatic rings. The first kappa shape index (κ1) is 9.16. The second kappa shape index (κ2) is 3.20. The summed E-state index contributed by atoms with van der Waals surface area (Å²) in [6.45, 7) is 0. The Morgan fingerprint density at radius 3 is 3.00 bits per heavy atom. The maximum Gasteiger partial charge on any atom is 0.253 e. The number of aryl methyl sites for hydroxylation is 1. The lowest BCUT2D eigenvalue weighted by Gasteiger charge is -2.19. The molecule has 0 radical (unpaired) electrons. The van der Waals surface area contributed by atoms with Gasteiger partial charge in [0.15, 0.2) is 0 Å². The van der Waals surface area contributed by atoms with Crippen LogP contribution in [-0.4, -0.2) is 16.7 Å². The van der Waals surface area contributed by atoms with Gasteiger partial charge in [-0.15, -0.1) is 0 Å². The molecule has 3 atom stereocenters. The van der Waals surface area contributed by atoms with E-state index in [2.05, 4.69) is 5.32 Å². The molecule has 0 aliphatic carbocycles. The van der Waals surface area contributed by atoms with Crippen LogP contribution in [0.4, 0.5) is 0 Å². The van der Waals surface area contributed by atoms with Crippen LogP contribution in [0.3, 0.4) is 0 Å². The van der Waals surface area contributed by atoms with Gasteiger partial charge in [0.1, 0.15) is 0 Å². The van der Waals surface area contributed by atoms with Gasteiger partial charge in [0.2, 0.25) is 0 Å².